The molecule has 1 aromatic rings. The number of rotatable bonds is 4. The minimum Gasteiger partial charge on any atom is -0.480 e. The second kappa shape index (κ2) is 5.70. The summed E-state index contributed by atoms with van der Waals surface area (Å²) < 4.78 is 37.2. The molecule has 7 heteroatoms. The Labute approximate surface area is 114 Å². The largest absolute Gasteiger partial charge is 0.480 e. The highest BCUT2D eigenvalue weighted by atomic mass is 19.4. The van der Waals surface area contributed by atoms with E-state index in [4.69, 9.17) is 5.11 Å². The predicted octanol–water partition coefficient (Wildman–Crippen LogP) is 2.10. The van der Waals surface area contributed by atoms with Crippen LogP contribution in [0.5, 0.6) is 0 Å². The summed E-state index contributed by atoms with van der Waals surface area (Å²) in [6.07, 6.45) is -3.72. The summed E-state index contributed by atoms with van der Waals surface area (Å²) in [5, 5.41) is 11.4. The van der Waals surface area contributed by atoms with Crippen molar-refractivity contribution in [2.24, 2.45) is 0 Å². The zero-order chi connectivity index (χ0) is 14.8. The zero-order valence-electron chi connectivity index (χ0n) is 10.7. The van der Waals surface area contributed by atoms with E-state index in [0.717, 1.165) is 11.1 Å². The summed E-state index contributed by atoms with van der Waals surface area (Å²) in [7, 11) is 0. The number of halogens is 3. The van der Waals surface area contributed by atoms with Crippen LogP contribution in [0.25, 0.3) is 0 Å². The standard InChI is InChI=1S/C13H15F3N2O2/c14-13(15,16)8-18-5-4-10-9(7-18)2-1-3-11(10)17-6-12(19)20/h1-3,17H,4-8H2,(H,19,20). The Hall–Kier alpha value is -1.76. The van der Waals surface area contributed by atoms with Gasteiger partial charge in [-0.1, -0.05) is 12.1 Å². The van der Waals surface area contributed by atoms with Gasteiger partial charge in [0.15, 0.2) is 0 Å². The van der Waals surface area contributed by atoms with Crippen molar-refractivity contribution < 1.29 is 23.1 Å². The summed E-state index contributed by atoms with van der Waals surface area (Å²) in [6, 6.07) is 5.26. The fraction of sp³-hybridized carbons (Fsp3) is 0.462. The van der Waals surface area contributed by atoms with Crippen LogP contribution in [-0.4, -0.2) is 41.8 Å². The number of aliphatic carboxylic acids is 1. The molecule has 0 fully saturated rings. The Morgan fingerprint density at radius 1 is 1.40 bits per heavy atom. The monoisotopic (exact) mass is 288 g/mol. The first-order valence-electron chi connectivity index (χ1n) is 6.21. The van der Waals surface area contributed by atoms with Crippen molar-refractivity contribution in [3.63, 3.8) is 0 Å². The summed E-state index contributed by atoms with van der Waals surface area (Å²) in [5.74, 6) is -0.975. The van der Waals surface area contributed by atoms with E-state index < -0.39 is 18.7 Å². The Bertz CT molecular complexity index is 503. The Morgan fingerprint density at radius 2 is 2.15 bits per heavy atom. The molecular weight excluding hydrogens is 273 g/mol. The number of carboxylic acids is 1. The third-order valence-corrected chi connectivity index (χ3v) is 3.18. The van der Waals surface area contributed by atoms with Gasteiger partial charge in [-0.2, -0.15) is 13.2 Å². The van der Waals surface area contributed by atoms with Crippen LogP contribution >= 0.6 is 0 Å². The molecule has 0 radical (unpaired) electrons. The highest BCUT2D eigenvalue weighted by Gasteiger charge is 2.32. The lowest BCUT2D eigenvalue weighted by molar-refractivity contribution is -0.147. The van der Waals surface area contributed by atoms with Crippen LogP contribution in [0.4, 0.5) is 18.9 Å². The third kappa shape index (κ3) is 3.86. The third-order valence-electron chi connectivity index (χ3n) is 3.18. The van der Waals surface area contributed by atoms with Crippen LogP contribution in [0, 0.1) is 0 Å². The molecule has 0 amide bonds. The maximum Gasteiger partial charge on any atom is 0.401 e. The SMILES string of the molecule is O=C(O)CNc1cccc2c1CCN(CC(F)(F)F)C2. The van der Waals surface area contributed by atoms with Crippen molar-refractivity contribution in [1.29, 1.82) is 0 Å². The van der Waals surface area contributed by atoms with Crippen molar-refractivity contribution in [1.82, 2.24) is 4.90 Å². The van der Waals surface area contributed by atoms with Gasteiger partial charge in [-0.3, -0.25) is 9.69 Å². The van der Waals surface area contributed by atoms with Crippen molar-refractivity contribution in [2.45, 2.75) is 19.1 Å². The summed E-state index contributed by atoms with van der Waals surface area (Å²) >= 11 is 0. The molecule has 0 aromatic heterocycles. The second-order valence-corrected chi connectivity index (χ2v) is 4.77. The first-order valence-corrected chi connectivity index (χ1v) is 6.21. The molecule has 0 saturated carbocycles. The quantitative estimate of drug-likeness (QED) is 0.891. The topological polar surface area (TPSA) is 52.6 Å². The van der Waals surface area contributed by atoms with Gasteiger partial charge in [-0.15, -0.1) is 0 Å². The van der Waals surface area contributed by atoms with Crippen molar-refractivity contribution >= 4 is 11.7 Å². The maximum atomic E-state index is 12.4. The molecule has 1 heterocycles. The molecular formula is C13H15F3N2O2. The Morgan fingerprint density at radius 3 is 2.80 bits per heavy atom. The number of fused-ring (bicyclic) bond motifs is 1. The maximum absolute atomic E-state index is 12.4. The number of carboxylic acid groups (broad SMARTS) is 1. The van der Waals surface area contributed by atoms with E-state index in [0.29, 0.717) is 18.7 Å². The molecule has 2 N–H and O–H groups in total. The van der Waals surface area contributed by atoms with E-state index in [1.165, 1.54) is 4.90 Å². The normalized spacial score (nSPS) is 15.8. The van der Waals surface area contributed by atoms with E-state index >= 15 is 0 Å². The summed E-state index contributed by atoms with van der Waals surface area (Å²) in [4.78, 5) is 11.9. The molecule has 0 atom stereocenters. The van der Waals surface area contributed by atoms with Crippen molar-refractivity contribution in [3.8, 4) is 0 Å². The average molecular weight is 288 g/mol. The van der Waals surface area contributed by atoms with Gasteiger partial charge >= 0.3 is 12.1 Å². The number of alkyl halides is 3. The Balaban J connectivity index is 2.10. The number of hydrogen-bond acceptors (Lipinski definition) is 3. The van der Waals surface area contributed by atoms with Gasteiger partial charge in [0.05, 0.1) is 6.54 Å². The van der Waals surface area contributed by atoms with Crippen molar-refractivity contribution in [3.05, 3.63) is 29.3 Å². The highest BCUT2D eigenvalue weighted by molar-refractivity contribution is 5.73. The first-order chi connectivity index (χ1) is 9.35. The molecule has 0 bridgehead atoms. The van der Waals surface area contributed by atoms with E-state index in [9.17, 15) is 18.0 Å². The van der Waals surface area contributed by atoms with E-state index in [1.807, 2.05) is 0 Å². The van der Waals surface area contributed by atoms with Crippen molar-refractivity contribution in [2.75, 3.05) is 25.0 Å². The Kier molecular flexibility index (Phi) is 4.17. The predicted molar refractivity (Wildman–Crippen MR) is 67.6 cm³/mol. The minimum atomic E-state index is -4.20. The fourth-order valence-electron chi connectivity index (χ4n) is 2.39. The number of carbonyl (C=O) groups is 1. The molecule has 4 nitrogen and oxygen atoms in total. The number of hydrogen-bond donors (Lipinski definition) is 2. The van der Waals surface area contributed by atoms with E-state index in [-0.39, 0.29) is 13.1 Å². The number of nitrogens with one attached hydrogen (secondary N) is 1. The van der Waals surface area contributed by atoms with Crippen LogP contribution in [0.1, 0.15) is 11.1 Å². The second-order valence-electron chi connectivity index (χ2n) is 4.77. The number of nitrogens with zero attached hydrogens (tertiary/aromatic N) is 1. The number of benzene rings is 1. The van der Waals surface area contributed by atoms with Crippen LogP contribution in [0.3, 0.4) is 0 Å². The lowest BCUT2D eigenvalue weighted by Gasteiger charge is -2.30. The van der Waals surface area contributed by atoms with Crippen LogP contribution < -0.4 is 5.32 Å². The average Bonchev–Trinajstić information content (AvgIpc) is 2.33. The molecule has 2 rings (SSSR count). The minimum absolute atomic E-state index is 0.206. The van der Waals surface area contributed by atoms with Crippen LogP contribution in [-0.2, 0) is 17.8 Å². The lowest BCUT2D eigenvalue weighted by atomic mass is 9.97. The highest BCUT2D eigenvalue weighted by Crippen LogP contribution is 2.28. The summed E-state index contributed by atoms with van der Waals surface area (Å²) in [6.45, 7) is -0.572. The number of anilines is 1. The van der Waals surface area contributed by atoms with Gasteiger partial charge < -0.3 is 10.4 Å². The molecule has 0 aliphatic carbocycles. The molecule has 110 valence electrons. The lowest BCUT2D eigenvalue weighted by Crippen LogP contribution is -2.38. The van der Waals surface area contributed by atoms with Gasteiger partial charge in [0, 0.05) is 18.8 Å². The van der Waals surface area contributed by atoms with Gasteiger partial charge in [0.25, 0.3) is 0 Å². The zero-order valence-corrected chi connectivity index (χ0v) is 10.7. The smallest absolute Gasteiger partial charge is 0.401 e. The van der Waals surface area contributed by atoms with Crippen LogP contribution in [0.15, 0.2) is 18.2 Å². The first kappa shape index (κ1) is 14.6. The molecule has 0 spiro atoms. The summed E-state index contributed by atoms with van der Waals surface area (Å²) in [5.41, 5.74) is 2.42. The molecule has 1 aliphatic rings. The van der Waals surface area contributed by atoms with Gasteiger partial charge in [0.2, 0.25) is 0 Å². The fourth-order valence-corrected chi connectivity index (χ4v) is 2.39. The molecule has 1 aliphatic heterocycles. The molecule has 20 heavy (non-hydrogen) atoms. The van der Waals surface area contributed by atoms with Gasteiger partial charge in [0.1, 0.15) is 6.54 Å². The van der Waals surface area contributed by atoms with Gasteiger partial charge in [-0.25, -0.2) is 0 Å². The van der Waals surface area contributed by atoms with Gasteiger partial charge in [-0.05, 0) is 23.6 Å². The van der Waals surface area contributed by atoms with E-state index in [1.54, 1.807) is 18.2 Å². The molecule has 0 unspecified atom stereocenters. The molecule has 1 aromatic carbocycles. The van der Waals surface area contributed by atoms with Crippen LogP contribution in [0.2, 0.25) is 0 Å². The van der Waals surface area contributed by atoms with E-state index in [2.05, 4.69) is 5.32 Å². The molecule has 0 saturated heterocycles.